The monoisotopic (exact) mass is 255 g/mol. The van der Waals surface area contributed by atoms with Crippen LogP contribution in [0.4, 0.5) is 0 Å². The Labute approximate surface area is 112 Å². The largest absolute Gasteiger partial charge is 0.325 e. The third kappa shape index (κ3) is 9.60. The molecule has 0 saturated carbocycles. The van der Waals surface area contributed by atoms with Gasteiger partial charge in [0.15, 0.2) is 0 Å². The lowest BCUT2D eigenvalue weighted by atomic mass is 10.2. The smallest absolute Gasteiger partial charge is 0.122 e. The molecule has 0 radical (unpaired) electrons. The second-order valence-electron chi connectivity index (χ2n) is 5.03. The fraction of sp³-hybridized carbons (Fsp3) is 0.867. The lowest BCUT2D eigenvalue weighted by Gasteiger charge is -2.22. The average molecular weight is 256 g/mol. The molecule has 0 aliphatic carbocycles. The van der Waals surface area contributed by atoms with Crippen LogP contribution < -0.4 is 0 Å². The highest BCUT2D eigenvalue weighted by Gasteiger charge is 2.06. The number of rotatable bonds is 11. The Bertz CT molecular complexity index is 189. The predicted molar refractivity (Wildman–Crippen MR) is 83.2 cm³/mol. The highest BCUT2D eigenvalue weighted by molar-refractivity contribution is 6.42. The second kappa shape index (κ2) is 12.4. The first-order valence-electron chi connectivity index (χ1n) is 7.68. The topological polar surface area (TPSA) is 3.24 Å². The van der Waals surface area contributed by atoms with E-state index in [2.05, 4.69) is 38.3 Å². The Morgan fingerprint density at radius 2 is 1.71 bits per heavy atom. The molecule has 0 aromatic heterocycles. The third-order valence-corrected chi connectivity index (χ3v) is 5.22. The summed E-state index contributed by atoms with van der Waals surface area (Å²) in [6, 6.07) is 0. The van der Waals surface area contributed by atoms with Crippen molar-refractivity contribution in [1.82, 2.24) is 4.57 Å². The van der Waals surface area contributed by atoms with E-state index < -0.39 is 0 Å². The fourth-order valence-corrected chi connectivity index (χ4v) is 4.45. The summed E-state index contributed by atoms with van der Waals surface area (Å²) >= 11 is 0. The highest BCUT2D eigenvalue weighted by Crippen LogP contribution is 2.09. The van der Waals surface area contributed by atoms with Crippen molar-refractivity contribution >= 4 is 9.68 Å². The van der Waals surface area contributed by atoms with Gasteiger partial charge in [-0.3, -0.25) is 0 Å². The van der Waals surface area contributed by atoms with Crippen molar-refractivity contribution in [3.05, 3.63) is 11.3 Å². The second-order valence-corrected chi connectivity index (χ2v) is 7.15. The first-order chi connectivity index (χ1) is 8.28. The summed E-state index contributed by atoms with van der Waals surface area (Å²) in [6.45, 7) is 11.9. The normalized spacial score (nSPS) is 13.1. The molecule has 0 fully saturated rings. The van der Waals surface area contributed by atoms with Crippen LogP contribution in [0.15, 0.2) is 11.3 Å². The molecule has 0 aliphatic heterocycles. The molecule has 0 aliphatic rings. The van der Waals surface area contributed by atoms with Crippen LogP contribution >= 0.6 is 0 Å². The van der Waals surface area contributed by atoms with Crippen LogP contribution in [0, 0.1) is 0 Å². The maximum absolute atomic E-state index is 2.78. The van der Waals surface area contributed by atoms with E-state index >= 15 is 0 Å². The maximum atomic E-state index is 2.78. The summed E-state index contributed by atoms with van der Waals surface area (Å²) < 4.78 is 2.78. The van der Waals surface area contributed by atoms with E-state index in [0.717, 1.165) is 0 Å². The minimum Gasteiger partial charge on any atom is -0.325 e. The van der Waals surface area contributed by atoms with Crippen LogP contribution in [0.3, 0.4) is 0 Å². The van der Waals surface area contributed by atoms with E-state index in [1.807, 2.05) is 0 Å². The van der Waals surface area contributed by atoms with E-state index in [-0.39, 0.29) is 9.68 Å². The zero-order valence-electron chi connectivity index (χ0n) is 12.6. The predicted octanol–water partition coefficient (Wildman–Crippen LogP) is 4.07. The zero-order valence-corrected chi connectivity index (χ0v) is 14.0. The number of nitrogens with zero attached hydrogens (tertiary/aromatic N) is 1. The van der Waals surface area contributed by atoms with Gasteiger partial charge in [0.1, 0.15) is 9.68 Å². The number of hydrogen-bond acceptors (Lipinski definition) is 1. The van der Waals surface area contributed by atoms with Crippen LogP contribution in [-0.2, 0) is 0 Å². The average Bonchev–Trinajstić information content (AvgIpc) is 2.33. The van der Waals surface area contributed by atoms with Gasteiger partial charge in [-0.25, -0.2) is 0 Å². The summed E-state index contributed by atoms with van der Waals surface area (Å²) in [4.78, 5) is 0. The van der Waals surface area contributed by atoms with Crippen LogP contribution in [-0.4, -0.2) is 27.3 Å². The van der Waals surface area contributed by atoms with Gasteiger partial charge < -0.3 is 4.57 Å². The quantitative estimate of drug-likeness (QED) is 0.503. The van der Waals surface area contributed by atoms with Gasteiger partial charge in [-0.2, -0.15) is 0 Å². The molecule has 0 N–H and O–H groups in total. The molecule has 0 rings (SSSR count). The molecule has 0 aromatic rings. The summed E-state index contributed by atoms with van der Waals surface area (Å²) in [7, 11) is -0.129. The van der Waals surface area contributed by atoms with E-state index in [4.69, 9.17) is 0 Å². The van der Waals surface area contributed by atoms with Gasteiger partial charge in [0.2, 0.25) is 0 Å². The van der Waals surface area contributed by atoms with Gasteiger partial charge in [0.25, 0.3) is 0 Å². The Hall–Kier alpha value is -0.0831. The molecule has 17 heavy (non-hydrogen) atoms. The van der Waals surface area contributed by atoms with E-state index in [0.29, 0.717) is 0 Å². The van der Waals surface area contributed by atoms with Gasteiger partial charge in [-0.15, -0.1) is 0 Å². The van der Waals surface area contributed by atoms with Crippen molar-refractivity contribution in [2.24, 2.45) is 0 Å². The van der Waals surface area contributed by atoms with Crippen LogP contribution in [0.1, 0.15) is 72.6 Å². The Balaban J connectivity index is 4.22. The summed E-state index contributed by atoms with van der Waals surface area (Å²) in [5.74, 6) is 0. The molecule has 2 heteroatoms. The third-order valence-electron chi connectivity index (χ3n) is 3.09. The Kier molecular flexibility index (Phi) is 12.3. The number of allylic oxidation sites excluding steroid dienone is 2. The number of unbranched alkanes of at least 4 members (excludes halogenated alkanes) is 2. The Morgan fingerprint density at radius 3 is 2.24 bits per heavy atom. The lowest BCUT2D eigenvalue weighted by Crippen LogP contribution is -2.31. The lowest BCUT2D eigenvalue weighted by molar-refractivity contribution is 0.431. The molecule has 0 bridgehead atoms. The van der Waals surface area contributed by atoms with Gasteiger partial charge in [-0.1, -0.05) is 58.2 Å². The first-order valence-corrected chi connectivity index (χ1v) is 9.02. The van der Waals surface area contributed by atoms with Crippen molar-refractivity contribution in [2.45, 2.75) is 72.6 Å². The fourth-order valence-electron chi connectivity index (χ4n) is 2.17. The SMILES string of the molecule is CCCC=C(CCC)[SiH2]N(CCC)CCCC. The molecule has 0 amide bonds. The van der Waals surface area contributed by atoms with Gasteiger partial charge in [0.05, 0.1) is 0 Å². The van der Waals surface area contributed by atoms with Gasteiger partial charge >= 0.3 is 0 Å². The van der Waals surface area contributed by atoms with Crippen molar-refractivity contribution < 1.29 is 0 Å². The molecule has 102 valence electrons. The standard InChI is InChI=1S/C15H33NSi/c1-5-9-12-15(11-7-3)17-16(13-8-4)14-10-6-2/h12H,5-11,13-14,17H2,1-4H3. The molecule has 1 nitrogen and oxygen atoms in total. The van der Waals surface area contributed by atoms with Crippen molar-refractivity contribution in [3.8, 4) is 0 Å². The molecule has 0 atom stereocenters. The van der Waals surface area contributed by atoms with E-state index in [9.17, 15) is 0 Å². The van der Waals surface area contributed by atoms with Crippen LogP contribution in [0.2, 0.25) is 0 Å². The molecule has 0 aromatic carbocycles. The molecule has 0 unspecified atom stereocenters. The van der Waals surface area contributed by atoms with Crippen molar-refractivity contribution in [1.29, 1.82) is 0 Å². The molecule has 0 heterocycles. The summed E-state index contributed by atoms with van der Waals surface area (Å²) in [5.41, 5.74) is 0. The van der Waals surface area contributed by atoms with Crippen LogP contribution in [0.5, 0.6) is 0 Å². The molecular weight excluding hydrogens is 222 g/mol. The Morgan fingerprint density at radius 1 is 0.941 bits per heavy atom. The zero-order chi connectivity index (χ0) is 12.9. The molecular formula is C15H33NSi. The molecule has 0 saturated heterocycles. The van der Waals surface area contributed by atoms with Crippen molar-refractivity contribution in [2.75, 3.05) is 13.1 Å². The highest BCUT2D eigenvalue weighted by atomic mass is 28.2. The molecule has 0 spiro atoms. The summed E-state index contributed by atoms with van der Waals surface area (Å²) in [6.07, 6.45) is 11.8. The maximum Gasteiger partial charge on any atom is 0.122 e. The minimum absolute atomic E-state index is 0.129. The first kappa shape index (κ1) is 16.9. The van der Waals surface area contributed by atoms with E-state index in [1.54, 1.807) is 5.20 Å². The van der Waals surface area contributed by atoms with Gasteiger partial charge in [0, 0.05) is 0 Å². The van der Waals surface area contributed by atoms with Crippen LogP contribution in [0.25, 0.3) is 0 Å². The van der Waals surface area contributed by atoms with Gasteiger partial charge in [-0.05, 0) is 38.8 Å². The number of hydrogen-bond donors (Lipinski definition) is 0. The van der Waals surface area contributed by atoms with E-state index in [1.165, 1.54) is 58.0 Å². The minimum atomic E-state index is -0.129. The summed E-state index contributed by atoms with van der Waals surface area (Å²) in [5, 5.41) is 1.80. The van der Waals surface area contributed by atoms with Crippen molar-refractivity contribution in [3.63, 3.8) is 0 Å².